The van der Waals surface area contributed by atoms with Crippen LogP contribution in [-0.2, 0) is 0 Å². The zero-order chi connectivity index (χ0) is 14.5. The molecule has 0 bridgehead atoms. The predicted octanol–water partition coefficient (Wildman–Crippen LogP) is 3.33. The van der Waals surface area contributed by atoms with Gasteiger partial charge in [-0.05, 0) is 23.8 Å². The second kappa shape index (κ2) is 6.48. The van der Waals surface area contributed by atoms with E-state index in [2.05, 4.69) is 0 Å². The summed E-state index contributed by atoms with van der Waals surface area (Å²) in [5, 5.41) is 0. The van der Waals surface area contributed by atoms with Gasteiger partial charge in [0.25, 0.3) is 0 Å². The van der Waals surface area contributed by atoms with Gasteiger partial charge in [-0.2, -0.15) is 0 Å². The Kier molecular flexibility index (Phi) is 4.69. The molecule has 2 nitrogen and oxygen atoms in total. The molecule has 0 radical (unpaired) electrons. The van der Waals surface area contributed by atoms with Crippen molar-refractivity contribution < 1.29 is 4.39 Å². The highest BCUT2D eigenvalue weighted by atomic mass is 32.1. The SMILES string of the molecule is CN(CC(C(N)=S)c1ccccc1)c1cccc(F)c1. The highest BCUT2D eigenvalue weighted by molar-refractivity contribution is 7.80. The van der Waals surface area contributed by atoms with Crippen LogP contribution in [-0.4, -0.2) is 18.6 Å². The highest BCUT2D eigenvalue weighted by Crippen LogP contribution is 2.21. The number of hydrogen-bond acceptors (Lipinski definition) is 2. The van der Waals surface area contributed by atoms with Gasteiger partial charge in [-0.25, -0.2) is 4.39 Å². The van der Waals surface area contributed by atoms with Crippen molar-refractivity contribution in [2.75, 3.05) is 18.5 Å². The van der Waals surface area contributed by atoms with Crippen molar-refractivity contribution in [1.29, 1.82) is 0 Å². The van der Waals surface area contributed by atoms with Crippen LogP contribution in [0.25, 0.3) is 0 Å². The lowest BCUT2D eigenvalue weighted by Gasteiger charge is -2.25. The Morgan fingerprint density at radius 1 is 1.20 bits per heavy atom. The molecule has 0 saturated heterocycles. The zero-order valence-electron chi connectivity index (χ0n) is 11.3. The lowest BCUT2D eigenvalue weighted by molar-refractivity contribution is 0.627. The van der Waals surface area contributed by atoms with Gasteiger partial charge in [-0.15, -0.1) is 0 Å². The summed E-state index contributed by atoms with van der Waals surface area (Å²) in [6.45, 7) is 0.614. The highest BCUT2D eigenvalue weighted by Gasteiger charge is 2.17. The fourth-order valence-electron chi connectivity index (χ4n) is 2.14. The molecule has 104 valence electrons. The Balaban J connectivity index is 2.19. The van der Waals surface area contributed by atoms with Crippen LogP contribution in [0.15, 0.2) is 54.6 Å². The number of nitrogens with two attached hydrogens (primary N) is 1. The van der Waals surface area contributed by atoms with Gasteiger partial charge in [0, 0.05) is 19.3 Å². The van der Waals surface area contributed by atoms with Gasteiger partial charge in [-0.3, -0.25) is 0 Å². The number of halogens is 1. The number of benzene rings is 2. The Bertz CT molecular complexity index is 586. The summed E-state index contributed by atoms with van der Waals surface area (Å²) < 4.78 is 13.3. The molecule has 0 aliphatic heterocycles. The standard InChI is InChI=1S/C16H17FN2S/c1-19(14-9-5-8-13(17)10-14)11-15(16(18)20)12-6-3-2-4-7-12/h2-10,15H,11H2,1H3,(H2,18,20). The third-order valence-electron chi connectivity index (χ3n) is 3.25. The molecule has 0 aromatic heterocycles. The largest absolute Gasteiger partial charge is 0.393 e. The smallest absolute Gasteiger partial charge is 0.125 e. The van der Waals surface area contributed by atoms with Crippen molar-refractivity contribution in [3.05, 3.63) is 66.0 Å². The normalized spacial score (nSPS) is 11.9. The van der Waals surface area contributed by atoms with E-state index in [0.717, 1.165) is 11.3 Å². The minimum atomic E-state index is -0.249. The van der Waals surface area contributed by atoms with E-state index < -0.39 is 0 Å². The lowest BCUT2D eigenvalue weighted by atomic mass is 9.98. The summed E-state index contributed by atoms with van der Waals surface area (Å²) in [6, 6.07) is 16.4. The van der Waals surface area contributed by atoms with E-state index in [-0.39, 0.29) is 11.7 Å². The molecule has 0 spiro atoms. The van der Waals surface area contributed by atoms with Gasteiger partial charge in [0.2, 0.25) is 0 Å². The third-order valence-corrected chi connectivity index (χ3v) is 3.54. The number of thiocarbonyl (C=S) groups is 1. The molecule has 4 heteroatoms. The molecular weight excluding hydrogens is 271 g/mol. The summed E-state index contributed by atoms with van der Waals surface area (Å²) in [7, 11) is 1.91. The van der Waals surface area contributed by atoms with Gasteiger partial charge >= 0.3 is 0 Å². The second-order valence-corrected chi connectivity index (χ2v) is 5.20. The van der Waals surface area contributed by atoms with E-state index in [0.29, 0.717) is 11.5 Å². The maximum atomic E-state index is 13.3. The molecule has 0 aliphatic carbocycles. The van der Waals surface area contributed by atoms with Crippen LogP contribution >= 0.6 is 12.2 Å². The minimum absolute atomic E-state index is 0.0560. The number of anilines is 1. The maximum Gasteiger partial charge on any atom is 0.125 e. The second-order valence-electron chi connectivity index (χ2n) is 4.73. The first kappa shape index (κ1) is 14.5. The molecule has 0 fully saturated rings. The average molecular weight is 288 g/mol. The third kappa shape index (κ3) is 3.54. The summed E-state index contributed by atoms with van der Waals surface area (Å²) in [6.07, 6.45) is 0. The van der Waals surface area contributed by atoms with Gasteiger partial charge in [-0.1, -0.05) is 48.6 Å². The summed E-state index contributed by atoms with van der Waals surface area (Å²) >= 11 is 5.17. The van der Waals surface area contributed by atoms with Crippen LogP contribution < -0.4 is 10.6 Å². The van der Waals surface area contributed by atoms with Gasteiger partial charge in [0.15, 0.2) is 0 Å². The van der Waals surface area contributed by atoms with Gasteiger partial charge < -0.3 is 10.6 Å². The van der Waals surface area contributed by atoms with Crippen LogP contribution in [0.5, 0.6) is 0 Å². The molecule has 2 N–H and O–H groups in total. The molecule has 0 heterocycles. The molecule has 0 amide bonds. The average Bonchev–Trinajstić information content (AvgIpc) is 2.45. The molecule has 1 unspecified atom stereocenters. The topological polar surface area (TPSA) is 29.3 Å². The van der Waals surface area contributed by atoms with Crippen LogP contribution in [0.1, 0.15) is 11.5 Å². The Labute approximate surface area is 124 Å². The zero-order valence-corrected chi connectivity index (χ0v) is 12.1. The summed E-state index contributed by atoms with van der Waals surface area (Å²) in [4.78, 5) is 2.40. The van der Waals surface area contributed by atoms with Crippen molar-refractivity contribution in [3.8, 4) is 0 Å². The van der Waals surface area contributed by atoms with E-state index in [1.165, 1.54) is 12.1 Å². The van der Waals surface area contributed by atoms with Crippen molar-refractivity contribution in [2.45, 2.75) is 5.92 Å². The molecule has 1 atom stereocenters. The number of hydrogen-bond donors (Lipinski definition) is 1. The van der Waals surface area contributed by atoms with Crippen LogP contribution in [0.3, 0.4) is 0 Å². The molecule has 20 heavy (non-hydrogen) atoms. The molecule has 0 saturated carbocycles. The van der Waals surface area contributed by atoms with Crippen molar-refractivity contribution >= 4 is 22.9 Å². The van der Waals surface area contributed by atoms with E-state index in [1.54, 1.807) is 6.07 Å². The summed E-state index contributed by atoms with van der Waals surface area (Å²) in [5.41, 5.74) is 7.74. The van der Waals surface area contributed by atoms with E-state index in [1.807, 2.05) is 48.3 Å². The van der Waals surface area contributed by atoms with Crippen molar-refractivity contribution in [1.82, 2.24) is 0 Å². The quantitative estimate of drug-likeness (QED) is 0.856. The van der Waals surface area contributed by atoms with Crippen LogP contribution in [0.2, 0.25) is 0 Å². The van der Waals surface area contributed by atoms with E-state index in [9.17, 15) is 4.39 Å². The number of nitrogens with zero attached hydrogens (tertiary/aromatic N) is 1. The molecule has 2 aromatic carbocycles. The van der Waals surface area contributed by atoms with Crippen molar-refractivity contribution in [3.63, 3.8) is 0 Å². The van der Waals surface area contributed by atoms with Crippen molar-refractivity contribution in [2.24, 2.45) is 5.73 Å². The van der Waals surface area contributed by atoms with E-state index in [4.69, 9.17) is 18.0 Å². The molecule has 0 aliphatic rings. The Hall–Kier alpha value is -1.94. The first-order valence-corrected chi connectivity index (χ1v) is 6.79. The number of rotatable bonds is 5. The lowest BCUT2D eigenvalue weighted by Crippen LogP contribution is -2.31. The van der Waals surface area contributed by atoms with Crippen LogP contribution in [0.4, 0.5) is 10.1 Å². The van der Waals surface area contributed by atoms with E-state index >= 15 is 0 Å². The minimum Gasteiger partial charge on any atom is -0.393 e. The fraction of sp³-hybridized carbons (Fsp3) is 0.188. The molecular formula is C16H17FN2S. The monoisotopic (exact) mass is 288 g/mol. The van der Waals surface area contributed by atoms with Gasteiger partial charge in [0.05, 0.1) is 10.9 Å². The Morgan fingerprint density at radius 2 is 1.90 bits per heavy atom. The summed E-state index contributed by atoms with van der Waals surface area (Å²) in [5.74, 6) is -0.305. The maximum absolute atomic E-state index is 13.3. The van der Waals surface area contributed by atoms with Crippen LogP contribution in [0, 0.1) is 5.82 Å². The fourth-order valence-corrected chi connectivity index (χ4v) is 2.35. The molecule has 2 rings (SSSR count). The predicted molar refractivity (Wildman–Crippen MR) is 85.6 cm³/mol. The first-order valence-electron chi connectivity index (χ1n) is 6.39. The van der Waals surface area contributed by atoms with Gasteiger partial charge in [0.1, 0.15) is 5.82 Å². The first-order chi connectivity index (χ1) is 9.58. The molecule has 2 aromatic rings. The number of likely N-dealkylation sites (N-methyl/N-ethyl adjacent to an activating group) is 1. The Morgan fingerprint density at radius 3 is 2.50 bits per heavy atom.